The fraction of sp³-hybridized carbons (Fsp3) is 0.533. The van der Waals surface area contributed by atoms with Crippen molar-refractivity contribution in [3.05, 3.63) is 22.6 Å². The molecule has 6 nitrogen and oxygen atoms in total. The summed E-state index contributed by atoms with van der Waals surface area (Å²) in [6.07, 6.45) is 1.73. The van der Waals surface area contributed by atoms with Crippen molar-refractivity contribution in [1.82, 2.24) is 14.8 Å². The Morgan fingerprint density at radius 3 is 2.87 bits per heavy atom. The van der Waals surface area contributed by atoms with Crippen LogP contribution in [0.2, 0.25) is 5.15 Å². The van der Waals surface area contributed by atoms with Gasteiger partial charge >= 0.3 is 6.03 Å². The van der Waals surface area contributed by atoms with Gasteiger partial charge in [0.15, 0.2) is 11.6 Å². The van der Waals surface area contributed by atoms with Gasteiger partial charge in [0.2, 0.25) is 0 Å². The number of halogens is 2. The highest BCUT2D eigenvalue weighted by molar-refractivity contribution is 6.30. The normalized spacial score (nSPS) is 21.7. The Kier molecular flexibility index (Phi) is 4.26. The van der Waals surface area contributed by atoms with E-state index < -0.39 is 5.82 Å². The average Bonchev–Trinajstić information content (AvgIpc) is 2.89. The molecule has 1 unspecified atom stereocenters. The number of carbonyl (C=O) groups excluding carboxylic acids is 1. The lowest BCUT2D eigenvalue weighted by atomic mass is 10.0. The van der Waals surface area contributed by atoms with Gasteiger partial charge in [-0.3, -0.25) is 0 Å². The predicted octanol–water partition coefficient (Wildman–Crippen LogP) is 2.08. The van der Waals surface area contributed by atoms with E-state index in [2.05, 4.69) is 4.98 Å². The second-order valence-corrected chi connectivity index (χ2v) is 6.24. The zero-order valence-corrected chi connectivity index (χ0v) is 13.6. The molecule has 3 heterocycles. The number of hydrogen-bond donors (Lipinski definition) is 0. The van der Waals surface area contributed by atoms with Crippen molar-refractivity contribution in [1.29, 1.82) is 5.26 Å². The molecular weight excluding hydrogens is 321 g/mol. The van der Waals surface area contributed by atoms with Gasteiger partial charge in [0.05, 0.1) is 11.6 Å². The van der Waals surface area contributed by atoms with Crippen LogP contribution < -0.4 is 4.90 Å². The first-order valence-electron chi connectivity index (χ1n) is 7.54. The first-order valence-corrected chi connectivity index (χ1v) is 7.92. The number of nitriles is 1. The third-order valence-electron chi connectivity index (χ3n) is 4.42. The lowest BCUT2D eigenvalue weighted by molar-refractivity contribution is 0.175. The number of likely N-dealkylation sites (N-methyl/N-ethyl adjacent to an activating group) is 1. The molecule has 2 saturated heterocycles. The Morgan fingerprint density at radius 2 is 2.22 bits per heavy atom. The molecule has 1 aromatic rings. The molecular formula is C15H17ClFN5O. The first kappa shape index (κ1) is 15.8. The van der Waals surface area contributed by atoms with E-state index >= 15 is 0 Å². The largest absolute Gasteiger partial charge is 0.352 e. The molecule has 0 bridgehead atoms. The van der Waals surface area contributed by atoms with Gasteiger partial charge < -0.3 is 14.7 Å². The molecule has 2 aliphatic heterocycles. The minimum absolute atomic E-state index is 0.00278. The summed E-state index contributed by atoms with van der Waals surface area (Å²) in [4.78, 5) is 21.5. The van der Waals surface area contributed by atoms with Gasteiger partial charge in [-0.1, -0.05) is 11.6 Å². The van der Waals surface area contributed by atoms with Gasteiger partial charge in [-0.05, 0) is 18.9 Å². The monoisotopic (exact) mass is 337 g/mol. The maximum Gasteiger partial charge on any atom is 0.320 e. The van der Waals surface area contributed by atoms with Gasteiger partial charge in [0.25, 0.3) is 0 Å². The molecule has 1 atom stereocenters. The molecule has 0 saturated carbocycles. The third-order valence-corrected chi connectivity index (χ3v) is 4.70. The molecule has 8 heteroatoms. The lowest BCUT2D eigenvalue weighted by Gasteiger charge is -2.38. The summed E-state index contributed by atoms with van der Waals surface area (Å²) < 4.78 is 14.2. The van der Waals surface area contributed by atoms with E-state index in [0.29, 0.717) is 26.2 Å². The summed E-state index contributed by atoms with van der Waals surface area (Å²) in [6, 6.07) is 2.99. The highest BCUT2D eigenvalue weighted by atomic mass is 35.5. The maximum absolute atomic E-state index is 14.2. The van der Waals surface area contributed by atoms with Crippen LogP contribution in [-0.2, 0) is 0 Å². The highest BCUT2D eigenvalue weighted by Crippen LogP contribution is 2.27. The molecule has 2 aliphatic rings. The number of nitrogens with zero attached hydrogens (tertiary/aromatic N) is 5. The zero-order valence-electron chi connectivity index (χ0n) is 12.8. The van der Waals surface area contributed by atoms with Crippen LogP contribution in [0.4, 0.5) is 15.0 Å². The first-order chi connectivity index (χ1) is 11.0. The van der Waals surface area contributed by atoms with Gasteiger partial charge in [0, 0.05) is 33.2 Å². The van der Waals surface area contributed by atoms with Gasteiger partial charge in [-0.2, -0.15) is 5.26 Å². The Labute approximate surface area is 139 Å². The number of aromatic nitrogens is 1. The minimum Gasteiger partial charge on any atom is -0.352 e. The quantitative estimate of drug-likeness (QED) is 0.775. The fourth-order valence-electron chi connectivity index (χ4n) is 3.17. The van der Waals surface area contributed by atoms with Gasteiger partial charge in [0.1, 0.15) is 11.2 Å². The van der Waals surface area contributed by atoms with E-state index in [9.17, 15) is 9.18 Å². The van der Waals surface area contributed by atoms with E-state index in [1.54, 1.807) is 11.9 Å². The van der Waals surface area contributed by atoms with Crippen LogP contribution in [0, 0.1) is 17.1 Å². The summed E-state index contributed by atoms with van der Waals surface area (Å²) in [5.41, 5.74) is 0.0258. The number of rotatable bonds is 2. The molecule has 1 aromatic heterocycles. The van der Waals surface area contributed by atoms with Crippen LogP contribution >= 0.6 is 11.6 Å². The molecule has 3 rings (SSSR count). The van der Waals surface area contributed by atoms with E-state index in [4.69, 9.17) is 16.9 Å². The summed E-state index contributed by atoms with van der Waals surface area (Å²) in [5, 5.41) is 8.88. The van der Waals surface area contributed by atoms with Crippen LogP contribution in [0.25, 0.3) is 0 Å². The minimum atomic E-state index is -0.559. The Bertz CT molecular complexity index is 677. The van der Waals surface area contributed by atoms with E-state index in [0.717, 1.165) is 18.9 Å². The molecule has 23 heavy (non-hydrogen) atoms. The van der Waals surface area contributed by atoms with Crippen molar-refractivity contribution in [2.24, 2.45) is 0 Å². The van der Waals surface area contributed by atoms with Crippen molar-refractivity contribution >= 4 is 23.4 Å². The number of piperidine rings is 1. The van der Waals surface area contributed by atoms with Crippen LogP contribution in [-0.4, -0.2) is 60.1 Å². The Hall–Kier alpha value is -2.07. The summed E-state index contributed by atoms with van der Waals surface area (Å²) in [6.45, 7) is 2.58. The second-order valence-electron chi connectivity index (χ2n) is 5.88. The number of hydrogen-bond acceptors (Lipinski definition) is 4. The summed E-state index contributed by atoms with van der Waals surface area (Å²) >= 11 is 5.93. The fourth-order valence-corrected chi connectivity index (χ4v) is 3.34. The molecule has 0 aromatic carbocycles. The molecule has 0 spiro atoms. The third kappa shape index (κ3) is 2.91. The van der Waals surface area contributed by atoms with Crippen molar-refractivity contribution in [3.63, 3.8) is 0 Å². The standard InChI is InChI=1S/C15H17ClFN5O/c1-20-5-6-22(15(20)23)11-3-2-4-21(9-11)14-12(17)7-10(8-18)13(16)19-14/h7,11H,2-6,9H2,1H3. The van der Waals surface area contributed by atoms with E-state index in [1.807, 2.05) is 15.9 Å². The molecule has 122 valence electrons. The highest BCUT2D eigenvalue weighted by Gasteiger charge is 2.35. The number of urea groups is 1. The lowest BCUT2D eigenvalue weighted by Crippen LogP contribution is -2.49. The van der Waals surface area contributed by atoms with E-state index in [1.165, 1.54) is 0 Å². The molecule has 0 radical (unpaired) electrons. The molecule has 2 fully saturated rings. The molecule has 0 N–H and O–H groups in total. The Morgan fingerprint density at radius 1 is 1.43 bits per heavy atom. The maximum atomic E-state index is 14.2. The average molecular weight is 338 g/mol. The van der Waals surface area contributed by atoms with Crippen LogP contribution in [0.3, 0.4) is 0 Å². The topological polar surface area (TPSA) is 63.5 Å². The number of amides is 2. The van der Waals surface area contributed by atoms with Crippen molar-refractivity contribution < 1.29 is 9.18 Å². The van der Waals surface area contributed by atoms with E-state index in [-0.39, 0.29) is 28.6 Å². The predicted molar refractivity (Wildman–Crippen MR) is 83.9 cm³/mol. The number of anilines is 1. The smallest absolute Gasteiger partial charge is 0.320 e. The summed E-state index contributed by atoms with van der Waals surface area (Å²) in [5.74, 6) is -0.407. The van der Waals surface area contributed by atoms with Crippen LogP contribution in [0.1, 0.15) is 18.4 Å². The van der Waals surface area contributed by atoms with Crippen molar-refractivity contribution in [2.75, 3.05) is 38.1 Å². The molecule has 0 aliphatic carbocycles. The van der Waals surface area contributed by atoms with Crippen LogP contribution in [0.5, 0.6) is 0 Å². The summed E-state index contributed by atoms with van der Waals surface area (Å²) in [7, 11) is 1.78. The van der Waals surface area contributed by atoms with Crippen molar-refractivity contribution in [3.8, 4) is 6.07 Å². The second kappa shape index (κ2) is 6.20. The zero-order chi connectivity index (χ0) is 16.6. The van der Waals surface area contributed by atoms with Gasteiger partial charge in [-0.25, -0.2) is 14.2 Å². The molecule has 2 amide bonds. The number of carbonyl (C=O) groups is 1. The van der Waals surface area contributed by atoms with Crippen LogP contribution in [0.15, 0.2) is 6.07 Å². The van der Waals surface area contributed by atoms with Gasteiger partial charge in [-0.15, -0.1) is 0 Å². The number of pyridine rings is 1. The van der Waals surface area contributed by atoms with Crippen molar-refractivity contribution in [2.45, 2.75) is 18.9 Å². The Balaban J connectivity index is 1.81. The SMILES string of the molecule is CN1CCN(C2CCCN(c3nc(Cl)c(C#N)cc3F)C2)C1=O.